The highest BCUT2D eigenvalue weighted by atomic mass is 35.5. The molecule has 1 aromatic carbocycles. The summed E-state index contributed by atoms with van der Waals surface area (Å²) >= 11 is 5.93. The Kier molecular flexibility index (Phi) is 6.38. The predicted octanol–water partition coefficient (Wildman–Crippen LogP) is 4.91. The van der Waals surface area contributed by atoms with Gasteiger partial charge in [0.25, 0.3) is 0 Å². The Labute approximate surface area is 188 Å². The van der Waals surface area contributed by atoms with Crippen LogP contribution in [0, 0.1) is 19.8 Å². The van der Waals surface area contributed by atoms with E-state index in [4.69, 9.17) is 11.6 Å². The molecule has 2 atom stereocenters. The molecule has 0 aliphatic heterocycles. The Balaban J connectivity index is 1.87. The van der Waals surface area contributed by atoms with E-state index in [1.165, 1.54) is 0 Å². The fourth-order valence-electron chi connectivity index (χ4n) is 4.18. The van der Waals surface area contributed by atoms with Gasteiger partial charge in [0.15, 0.2) is 5.78 Å². The van der Waals surface area contributed by atoms with Gasteiger partial charge in [0, 0.05) is 43.1 Å². The number of Topliss-reactive ketones (excluding diaryl/α,β-unsaturated/α-hetero) is 2. The SMILES string of the molecule is Cc1cc(-c2ccc(Cl)cn2)cc(C)c1C1C(=O)CC(CC(=O)N(C)C(C)(C)C)C1=O. The maximum absolute atomic E-state index is 13.2. The number of nitrogens with zero attached hydrogens (tertiary/aromatic N) is 2. The number of aromatic nitrogens is 1. The van der Waals surface area contributed by atoms with Crippen molar-refractivity contribution in [1.82, 2.24) is 9.88 Å². The third-order valence-corrected chi connectivity index (χ3v) is 6.39. The third kappa shape index (κ3) is 4.72. The van der Waals surface area contributed by atoms with Crippen LogP contribution in [0.2, 0.25) is 5.02 Å². The zero-order valence-electron chi connectivity index (χ0n) is 19.0. The molecule has 1 amide bonds. The van der Waals surface area contributed by atoms with Gasteiger partial charge in [-0.1, -0.05) is 11.6 Å². The molecule has 1 fully saturated rings. The summed E-state index contributed by atoms with van der Waals surface area (Å²) in [6.07, 6.45) is 1.78. The quantitative estimate of drug-likeness (QED) is 0.633. The van der Waals surface area contributed by atoms with E-state index in [1.807, 2.05) is 52.8 Å². The molecular formula is C25H29ClN2O3. The fraction of sp³-hybridized carbons (Fsp3) is 0.440. The second kappa shape index (κ2) is 8.54. The number of carbonyl (C=O) groups is 3. The van der Waals surface area contributed by atoms with Crippen LogP contribution < -0.4 is 0 Å². The summed E-state index contributed by atoms with van der Waals surface area (Å²) in [5.41, 5.74) is 3.86. The first kappa shape index (κ1) is 23.1. The summed E-state index contributed by atoms with van der Waals surface area (Å²) < 4.78 is 0. The van der Waals surface area contributed by atoms with Crippen LogP contribution in [0.1, 0.15) is 56.2 Å². The lowest BCUT2D eigenvalue weighted by Crippen LogP contribution is -2.43. The van der Waals surface area contributed by atoms with E-state index in [-0.39, 0.29) is 35.9 Å². The molecule has 5 nitrogen and oxygen atoms in total. The second-order valence-electron chi connectivity index (χ2n) is 9.42. The Morgan fingerprint density at radius 2 is 1.77 bits per heavy atom. The minimum absolute atomic E-state index is 0.0692. The Morgan fingerprint density at radius 1 is 1.16 bits per heavy atom. The molecule has 0 spiro atoms. The fourth-order valence-corrected chi connectivity index (χ4v) is 4.29. The minimum atomic E-state index is -0.801. The van der Waals surface area contributed by atoms with Gasteiger partial charge < -0.3 is 4.90 Å². The zero-order valence-corrected chi connectivity index (χ0v) is 19.7. The number of ketones is 2. The van der Waals surface area contributed by atoms with Crippen LogP contribution in [0.4, 0.5) is 0 Å². The van der Waals surface area contributed by atoms with Crippen LogP contribution in [-0.2, 0) is 14.4 Å². The number of aryl methyl sites for hydroxylation is 2. The number of pyridine rings is 1. The average molecular weight is 441 g/mol. The average Bonchev–Trinajstić information content (AvgIpc) is 2.94. The molecule has 0 bridgehead atoms. The lowest BCUT2D eigenvalue weighted by molar-refractivity contribution is -0.137. The summed E-state index contributed by atoms with van der Waals surface area (Å²) in [5.74, 6) is -1.73. The number of rotatable bonds is 4. The number of carbonyl (C=O) groups excluding carboxylic acids is 3. The van der Waals surface area contributed by atoms with Crippen molar-refractivity contribution in [2.75, 3.05) is 7.05 Å². The van der Waals surface area contributed by atoms with Crippen molar-refractivity contribution in [3.8, 4) is 11.3 Å². The van der Waals surface area contributed by atoms with Crippen molar-refractivity contribution in [3.63, 3.8) is 0 Å². The van der Waals surface area contributed by atoms with Crippen molar-refractivity contribution in [2.24, 2.45) is 5.92 Å². The first-order chi connectivity index (χ1) is 14.4. The van der Waals surface area contributed by atoms with E-state index >= 15 is 0 Å². The highest BCUT2D eigenvalue weighted by Crippen LogP contribution is 2.39. The summed E-state index contributed by atoms with van der Waals surface area (Å²) in [7, 11) is 1.74. The molecule has 2 aromatic rings. The molecule has 1 aromatic heterocycles. The smallest absolute Gasteiger partial charge is 0.223 e. The Morgan fingerprint density at radius 3 is 2.29 bits per heavy atom. The van der Waals surface area contributed by atoms with Crippen molar-refractivity contribution in [1.29, 1.82) is 0 Å². The molecule has 164 valence electrons. The molecule has 3 rings (SSSR count). The van der Waals surface area contributed by atoms with Crippen LogP contribution in [0.3, 0.4) is 0 Å². The van der Waals surface area contributed by atoms with Crippen molar-refractivity contribution >= 4 is 29.1 Å². The van der Waals surface area contributed by atoms with E-state index in [2.05, 4.69) is 4.98 Å². The molecule has 6 heteroatoms. The van der Waals surface area contributed by atoms with Crippen LogP contribution in [0.25, 0.3) is 11.3 Å². The number of hydrogen-bond donors (Lipinski definition) is 0. The molecule has 1 aliphatic carbocycles. The van der Waals surface area contributed by atoms with Gasteiger partial charge in [0.05, 0.1) is 10.7 Å². The van der Waals surface area contributed by atoms with Gasteiger partial charge in [-0.15, -0.1) is 0 Å². The topological polar surface area (TPSA) is 67.3 Å². The van der Waals surface area contributed by atoms with Crippen LogP contribution >= 0.6 is 11.6 Å². The van der Waals surface area contributed by atoms with E-state index in [0.717, 1.165) is 27.9 Å². The van der Waals surface area contributed by atoms with E-state index in [0.29, 0.717) is 5.02 Å². The maximum Gasteiger partial charge on any atom is 0.223 e. The number of hydrogen-bond acceptors (Lipinski definition) is 4. The van der Waals surface area contributed by atoms with Crippen molar-refractivity contribution < 1.29 is 14.4 Å². The monoisotopic (exact) mass is 440 g/mol. The van der Waals surface area contributed by atoms with Gasteiger partial charge in [-0.3, -0.25) is 19.4 Å². The number of benzene rings is 1. The first-order valence-corrected chi connectivity index (χ1v) is 10.8. The molecule has 31 heavy (non-hydrogen) atoms. The number of halogens is 1. The summed E-state index contributed by atoms with van der Waals surface area (Å²) in [6, 6.07) is 7.52. The summed E-state index contributed by atoms with van der Waals surface area (Å²) in [5, 5.41) is 0.564. The molecule has 0 saturated heterocycles. The Hall–Kier alpha value is -2.53. The summed E-state index contributed by atoms with van der Waals surface area (Å²) in [4.78, 5) is 44.7. The summed E-state index contributed by atoms with van der Waals surface area (Å²) in [6.45, 7) is 9.65. The van der Waals surface area contributed by atoms with E-state index in [9.17, 15) is 14.4 Å². The van der Waals surface area contributed by atoms with E-state index < -0.39 is 11.8 Å². The zero-order chi connectivity index (χ0) is 23.1. The molecule has 0 radical (unpaired) electrons. The van der Waals surface area contributed by atoms with Crippen LogP contribution in [-0.4, -0.2) is 39.9 Å². The minimum Gasteiger partial charge on any atom is -0.341 e. The predicted molar refractivity (Wildman–Crippen MR) is 122 cm³/mol. The maximum atomic E-state index is 13.2. The highest BCUT2D eigenvalue weighted by Gasteiger charge is 2.44. The molecule has 2 unspecified atom stereocenters. The normalized spacial score (nSPS) is 19.1. The lowest BCUT2D eigenvalue weighted by Gasteiger charge is -2.32. The molecule has 1 saturated carbocycles. The second-order valence-corrected chi connectivity index (χ2v) is 9.85. The van der Waals surface area contributed by atoms with Gasteiger partial charge in [-0.05, 0) is 75.6 Å². The van der Waals surface area contributed by atoms with E-state index in [1.54, 1.807) is 24.2 Å². The highest BCUT2D eigenvalue weighted by molar-refractivity contribution is 6.30. The largest absolute Gasteiger partial charge is 0.341 e. The molecule has 0 N–H and O–H groups in total. The first-order valence-electron chi connectivity index (χ1n) is 10.5. The van der Waals surface area contributed by atoms with Crippen molar-refractivity contribution in [2.45, 2.75) is 58.9 Å². The lowest BCUT2D eigenvalue weighted by atomic mass is 9.85. The third-order valence-electron chi connectivity index (χ3n) is 6.16. The molecule has 1 heterocycles. The van der Waals surface area contributed by atoms with Crippen LogP contribution in [0.5, 0.6) is 0 Å². The van der Waals surface area contributed by atoms with Gasteiger partial charge in [-0.25, -0.2) is 0 Å². The van der Waals surface area contributed by atoms with Gasteiger partial charge in [0.2, 0.25) is 5.91 Å². The van der Waals surface area contributed by atoms with Gasteiger partial charge in [0.1, 0.15) is 11.7 Å². The Bertz CT molecular complexity index is 1010. The molecule has 1 aliphatic rings. The van der Waals surface area contributed by atoms with Gasteiger partial charge >= 0.3 is 0 Å². The standard InChI is InChI=1S/C25H29ClN2O3/c1-14-9-16(19-8-7-18(26)13-27-19)10-15(2)22(14)23-20(29)11-17(24(23)31)12-21(30)28(6)25(3,4)5/h7-10,13,17,23H,11-12H2,1-6H3. The number of amides is 1. The van der Waals surface area contributed by atoms with Crippen LogP contribution in [0.15, 0.2) is 30.5 Å². The van der Waals surface area contributed by atoms with Crippen molar-refractivity contribution in [3.05, 3.63) is 52.2 Å². The molecular weight excluding hydrogens is 412 g/mol. The van der Waals surface area contributed by atoms with Gasteiger partial charge in [-0.2, -0.15) is 0 Å².